The molecule has 2 atom stereocenters. The number of hydrogen-bond acceptors (Lipinski definition) is 6. The highest BCUT2D eigenvalue weighted by atomic mass is 32.2. The molecule has 0 aliphatic carbocycles. The summed E-state index contributed by atoms with van der Waals surface area (Å²) in [6, 6.07) is 0. The molecule has 1 aliphatic heterocycles. The van der Waals surface area contributed by atoms with Crippen LogP contribution < -0.4 is 0 Å². The molecule has 18 heavy (non-hydrogen) atoms. The molecule has 0 radical (unpaired) electrons. The van der Waals surface area contributed by atoms with Gasteiger partial charge in [0, 0.05) is 23.2 Å². The number of rotatable bonds is 5. The molecule has 2 heterocycles. The molecular weight excluding hydrogens is 268 g/mol. The zero-order chi connectivity index (χ0) is 13.0. The van der Waals surface area contributed by atoms with E-state index in [1.54, 1.807) is 0 Å². The van der Waals surface area contributed by atoms with Crippen LogP contribution in [0.3, 0.4) is 0 Å². The van der Waals surface area contributed by atoms with Crippen molar-refractivity contribution in [2.75, 3.05) is 11.5 Å². The Balaban J connectivity index is 1.98. The van der Waals surface area contributed by atoms with Gasteiger partial charge in [0.15, 0.2) is 5.82 Å². The van der Waals surface area contributed by atoms with Gasteiger partial charge >= 0.3 is 0 Å². The Morgan fingerprint density at radius 2 is 2.22 bits per heavy atom. The molecule has 2 unspecified atom stereocenters. The Morgan fingerprint density at radius 1 is 1.44 bits per heavy atom. The number of carbonyl (C=O) groups is 1. The number of aromatic nitrogens is 2. The highest BCUT2D eigenvalue weighted by Crippen LogP contribution is 2.41. The summed E-state index contributed by atoms with van der Waals surface area (Å²) in [5, 5.41) is 4.83. The third kappa shape index (κ3) is 3.51. The molecule has 1 saturated heterocycles. The van der Waals surface area contributed by atoms with E-state index in [1.807, 2.05) is 30.4 Å². The van der Waals surface area contributed by atoms with Gasteiger partial charge in [-0.2, -0.15) is 16.7 Å². The van der Waals surface area contributed by atoms with Crippen LogP contribution in [-0.2, 0) is 11.2 Å². The van der Waals surface area contributed by atoms with Crippen LogP contribution >= 0.6 is 23.5 Å². The molecule has 0 N–H and O–H groups in total. The minimum Gasteiger partial charge on any atom is -0.339 e. The van der Waals surface area contributed by atoms with Crippen molar-refractivity contribution in [3.8, 4) is 0 Å². The molecule has 0 aromatic carbocycles. The molecule has 0 spiro atoms. The number of nitrogens with zero attached hydrogens (tertiary/aromatic N) is 2. The SMILES string of the molecule is CCCC(=O)Cc1nc(C2SCCSC2C)no1. The van der Waals surface area contributed by atoms with E-state index in [2.05, 4.69) is 17.1 Å². The monoisotopic (exact) mass is 286 g/mol. The molecule has 6 heteroatoms. The Bertz CT molecular complexity index is 409. The fraction of sp³-hybridized carbons (Fsp3) is 0.750. The molecule has 0 saturated carbocycles. The normalized spacial score (nSPS) is 24.1. The Hall–Kier alpha value is -0.490. The third-order valence-electron chi connectivity index (χ3n) is 2.80. The van der Waals surface area contributed by atoms with Crippen LogP contribution in [0.4, 0.5) is 0 Å². The summed E-state index contributed by atoms with van der Waals surface area (Å²) in [5.74, 6) is 3.69. The van der Waals surface area contributed by atoms with Crippen LogP contribution in [0, 0.1) is 0 Å². The lowest BCUT2D eigenvalue weighted by atomic mass is 10.2. The van der Waals surface area contributed by atoms with Gasteiger partial charge in [-0.25, -0.2) is 0 Å². The van der Waals surface area contributed by atoms with Crippen LogP contribution in [0.15, 0.2) is 4.52 Å². The van der Waals surface area contributed by atoms with Crippen molar-refractivity contribution in [2.24, 2.45) is 0 Å². The molecule has 4 nitrogen and oxygen atoms in total. The van der Waals surface area contributed by atoms with Crippen LogP contribution in [0.2, 0.25) is 0 Å². The van der Waals surface area contributed by atoms with Gasteiger partial charge in [-0.3, -0.25) is 4.79 Å². The molecule has 0 amide bonds. The van der Waals surface area contributed by atoms with E-state index in [4.69, 9.17) is 4.52 Å². The summed E-state index contributed by atoms with van der Waals surface area (Å²) in [7, 11) is 0. The maximum Gasteiger partial charge on any atom is 0.234 e. The maximum absolute atomic E-state index is 11.5. The van der Waals surface area contributed by atoms with Gasteiger partial charge in [0.25, 0.3) is 0 Å². The predicted octanol–water partition coefficient (Wildman–Crippen LogP) is 2.89. The fourth-order valence-corrected chi connectivity index (χ4v) is 4.59. The first-order valence-electron chi connectivity index (χ1n) is 6.28. The van der Waals surface area contributed by atoms with Crippen molar-refractivity contribution in [1.82, 2.24) is 10.1 Å². The summed E-state index contributed by atoms with van der Waals surface area (Å²) in [5.41, 5.74) is 0. The number of hydrogen-bond donors (Lipinski definition) is 0. The smallest absolute Gasteiger partial charge is 0.234 e. The maximum atomic E-state index is 11.5. The van der Waals surface area contributed by atoms with Crippen molar-refractivity contribution in [2.45, 2.75) is 43.6 Å². The van der Waals surface area contributed by atoms with Crippen molar-refractivity contribution in [3.05, 3.63) is 11.7 Å². The lowest BCUT2D eigenvalue weighted by Gasteiger charge is -2.24. The molecule has 1 aromatic rings. The third-order valence-corrected chi connectivity index (χ3v) is 5.89. The molecule has 2 rings (SSSR count). The van der Waals surface area contributed by atoms with Gasteiger partial charge in [0.2, 0.25) is 5.89 Å². The van der Waals surface area contributed by atoms with Crippen molar-refractivity contribution in [1.29, 1.82) is 0 Å². The first kappa shape index (κ1) is 13.9. The predicted molar refractivity (Wildman–Crippen MR) is 75.0 cm³/mol. The van der Waals surface area contributed by atoms with Crippen LogP contribution in [0.5, 0.6) is 0 Å². The largest absolute Gasteiger partial charge is 0.339 e. The second kappa shape index (κ2) is 6.61. The summed E-state index contributed by atoms with van der Waals surface area (Å²) in [4.78, 5) is 15.9. The summed E-state index contributed by atoms with van der Waals surface area (Å²) in [6.45, 7) is 4.19. The number of Topliss-reactive ketones (excluding diaryl/α,β-unsaturated/α-hetero) is 1. The summed E-state index contributed by atoms with van der Waals surface area (Å²) >= 11 is 3.82. The molecular formula is C12H18N2O2S2. The van der Waals surface area contributed by atoms with E-state index < -0.39 is 0 Å². The van der Waals surface area contributed by atoms with Crippen LogP contribution in [0.25, 0.3) is 0 Å². The minimum absolute atomic E-state index is 0.173. The van der Waals surface area contributed by atoms with E-state index in [0.29, 0.717) is 22.8 Å². The fourth-order valence-electron chi connectivity index (χ4n) is 1.91. The van der Waals surface area contributed by atoms with Crippen molar-refractivity contribution < 1.29 is 9.32 Å². The number of thioether (sulfide) groups is 2. The number of carbonyl (C=O) groups excluding carboxylic acids is 1. The first-order chi connectivity index (χ1) is 8.70. The second-order valence-electron chi connectivity index (χ2n) is 4.38. The molecule has 1 aliphatic rings. The molecule has 1 fully saturated rings. The van der Waals surface area contributed by atoms with E-state index in [9.17, 15) is 4.79 Å². The second-order valence-corrected chi connectivity index (χ2v) is 7.11. The van der Waals surface area contributed by atoms with Crippen molar-refractivity contribution >= 4 is 29.3 Å². The van der Waals surface area contributed by atoms with E-state index in [1.165, 1.54) is 5.75 Å². The Labute approximate surface area is 116 Å². The van der Waals surface area contributed by atoms with E-state index >= 15 is 0 Å². The number of ketones is 1. The van der Waals surface area contributed by atoms with E-state index in [0.717, 1.165) is 18.0 Å². The highest BCUT2D eigenvalue weighted by Gasteiger charge is 2.28. The van der Waals surface area contributed by atoms with Gasteiger partial charge in [-0.1, -0.05) is 19.0 Å². The lowest BCUT2D eigenvalue weighted by molar-refractivity contribution is -0.118. The topological polar surface area (TPSA) is 56.0 Å². The van der Waals surface area contributed by atoms with Gasteiger partial charge in [-0.05, 0) is 6.42 Å². The average Bonchev–Trinajstić information content (AvgIpc) is 2.78. The summed E-state index contributed by atoms with van der Waals surface area (Å²) in [6.07, 6.45) is 1.73. The molecule has 0 bridgehead atoms. The zero-order valence-corrected chi connectivity index (χ0v) is 12.4. The first-order valence-corrected chi connectivity index (χ1v) is 8.38. The van der Waals surface area contributed by atoms with Gasteiger partial charge < -0.3 is 4.52 Å². The van der Waals surface area contributed by atoms with Crippen LogP contribution in [0.1, 0.15) is 43.7 Å². The Morgan fingerprint density at radius 3 is 2.94 bits per heavy atom. The van der Waals surface area contributed by atoms with Crippen LogP contribution in [-0.4, -0.2) is 32.7 Å². The molecule has 100 valence electrons. The summed E-state index contributed by atoms with van der Waals surface area (Å²) < 4.78 is 5.18. The van der Waals surface area contributed by atoms with Crippen molar-refractivity contribution in [3.63, 3.8) is 0 Å². The quantitative estimate of drug-likeness (QED) is 0.829. The minimum atomic E-state index is 0.173. The average molecular weight is 286 g/mol. The lowest BCUT2D eigenvalue weighted by Crippen LogP contribution is -2.17. The zero-order valence-electron chi connectivity index (χ0n) is 10.7. The molecule has 1 aromatic heterocycles. The van der Waals surface area contributed by atoms with E-state index in [-0.39, 0.29) is 12.2 Å². The Kier molecular flexibility index (Phi) is 5.12. The van der Waals surface area contributed by atoms with Gasteiger partial charge in [0.1, 0.15) is 5.78 Å². The standard InChI is InChI=1S/C12H18N2O2S2/c1-3-4-9(15)7-10-13-12(14-16-10)11-8(2)17-5-6-18-11/h8,11H,3-7H2,1-2H3. The van der Waals surface area contributed by atoms with Gasteiger partial charge in [-0.15, -0.1) is 11.8 Å². The highest BCUT2D eigenvalue weighted by molar-refractivity contribution is 8.06. The van der Waals surface area contributed by atoms with Gasteiger partial charge in [0.05, 0.1) is 11.7 Å².